The lowest BCUT2D eigenvalue weighted by Crippen LogP contribution is -2.56. The number of methoxy groups -OCH3 is 1. The number of carbonyl (C=O) groups is 3. The molecular weight excluding hydrogens is 613 g/mol. The Morgan fingerprint density at radius 1 is 0.837 bits per heavy atom. The van der Waals surface area contributed by atoms with Crippen LogP contribution in [-0.2, 0) is 25.7 Å². The van der Waals surface area contributed by atoms with Crippen LogP contribution in [0.5, 0.6) is 0 Å². The Hall–Kier alpha value is -3.19. The molecule has 0 amide bonds. The van der Waals surface area contributed by atoms with Crippen LogP contribution in [-0.4, -0.2) is 111 Å². The average molecular weight is 644 g/mol. The highest BCUT2D eigenvalue weighted by Gasteiger charge is 2.47. The highest BCUT2D eigenvalue weighted by atomic mass is 19.4. The van der Waals surface area contributed by atoms with Crippen LogP contribution in [0.25, 0.3) is 0 Å². The lowest BCUT2D eigenvalue weighted by Gasteiger charge is -2.48. The van der Waals surface area contributed by atoms with Crippen LogP contribution >= 0.6 is 0 Å². The molecular formula is C24H30F9N3O7. The molecule has 1 aromatic heterocycles. The van der Waals surface area contributed by atoms with E-state index in [2.05, 4.69) is 26.9 Å². The summed E-state index contributed by atoms with van der Waals surface area (Å²) in [7, 11) is 1.90. The molecule has 3 fully saturated rings. The van der Waals surface area contributed by atoms with Crippen LogP contribution in [0, 0.1) is 5.92 Å². The largest absolute Gasteiger partial charge is 0.490 e. The van der Waals surface area contributed by atoms with Crippen LogP contribution in [0.3, 0.4) is 0 Å². The molecule has 0 unspecified atom stereocenters. The SMILES string of the molecule is CO[C@H]1CCN(C2CCC2)[C@@H]2CN(Cc3ccncc3)C[C@H]12.O=C(O)C(F)(F)F.O=C(O)C(F)(F)F.O=C(O)C(F)(F)F. The summed E-state index contributed by atoms with van der Waals surface area (Å²) >= 11 is 0. The van der Waals surface area contributed by atoms with Gasteiger partial charge in [0, 0.05) is 63.7 Å². The van der Waals surface area contributed by atoms with E-state index < -0.39 is 36.4 Å². The first-order valence-corrected chi connectivity index (χ1v) is 12.5. The smallest absolute Gasteiger partial charge is 0.475 e. The second kappa shape index (κ2) is 16.0. The van der Waals surface area contributed by atoms with Gasteiger partial charge in [-0.3, -0.25) is 14.8 Å². The van der Waals surface area contributed by atoms with Gasteiger partial charge in [-0.15, -0.1) is 0 Å². The maximum atomic E-state index is 10.6. The third-order valence-corrected chi connectivity index (χ3v) is 6.71. The van der Waals surface area contributed by atoms with Crippen LogP contribution in [0.1, 0.15) is 31.2 Å². The summed E-state index contributed by atoms with van der Waals surface area (Å²) in [5.41, 5.74) is 1.37. The Kier molecular flexibility index (Phi) is 14.1. The van der Waals surface area contributed by atoms with Gasteiger partial charge in [0.05, 0.1) is 6.10 Å². The van der Waals surface area contributed by atoms with E-state index in [0.29, 0.717) is 18.1 Å². The van der Waals surface area contributed by atoms with Crippen molar-refractivity contribution in [2.45, 2.75) is 68.9 Å². The molecule has 4 rings (SSSR count). The van der Waals surface area contributed by atoms with Crippen molar-refractivity contribution in [2.24, 2.45) is 5.92 Å². The fourth-order valence-electron chi connectivity index (χ4n) is 4.61. The van der Waals surface area contributed by atoms with E-state index in [1.54, 1.807) is 0 Å². The minimum absolute atomic E-state index is 0.448. The van der Waals surface area contributed by atoms with Crippen LogP contribution in [0.15, 0.2) is 24.5 Å². The molecule has 3 atom stereocenters. The van der Waals surface area contributed by atoms with Gasteiger partial charge in [0.1, 0.15) is 0 Å². The number of alkyl halides is 9. The number of likely N-dealkylation sites (tertiary alicyclic amines) is 2. The monoisotopic (exact) mass is 643 g/mol. The topological polar surface area (TPSA) is 140 Å². The third-order valence-electron chi connectivity index (χ3n) is 6.71. The molecule has 2 aliphatic heterocycles. The lowest BCUT2D eigenvalue weighted by atomic mass is 9.83. The Labute approximate surface area is 239 Å². The zero-order valence-corrected chi connectivity index (χ0v) is 22.5. The number of piperidine rings is 1. The number of ether oxygens (including phenoxy) is 1. The van der Waals surface area contributed by atoms with Crippen LogP contribution < -0.4 is 0 Å². The van der Waals surface area contributed by atoms with Gasteiger partial charge < -0.3 is 20.1 Å². The first kappa shape index (κ1) is 37.8. The molecule has 3 heterocycles. The second-order valence-corrected chi connectivity index (χ2v) is 9.57. The zero-order valence-electron chi connectivity index (χ0n) is 22.5. The number of pyridine rings is 1. The Morgan fingerprint density at radius 3 is 1.63 bits per heavy atom. The minimum Gasteiger partial charge on any atom is -0.475 e. The molecule has 2 saturated heterocycles. The molecule has 10 nitrogen and oxygen atoms in total. The summed E-state index contributed by atoms with van der Waals surface area (Å²) < 4.78 is 101. The number of hydrogen-bond acceptors (Lipinski definition) is 7. The Bertz CT molecular complexity index is 979. The van der Waals surface area contributed by atoms with E-state index in [1.165, 1.54) is 50.9 Å². The first-order chi connectivity index (χ1) is 19.7. The lowest BCUT2D eigenvalue weighted by molar-refractivity contribution is -0.193. The maximum Gasteiger partial charge on any atom is 0.490 e. The molecule has 3 N–H and O–H groups in total. The number of rotatable bonds is 4. The standard InChI is InChI=1S/C18H27N3O.3C2HF3O2/c1-22-18-7-10-21(15-3-2-4-15)17-13-20(12-16(17)18)11-14-5-8-19-9-6-14;3*3-2(4,5)1(6)7/h5-6,8-9,15-18H,2-4,7,10-13H2,1H3;3*(H,6,7)/t16-,17+,18-;;;/m0.../s1. The van der Waals surface area contributed by atoms with E-state index in [1.807, 2.05) is 19.5 Å². The van der Waals surface area contributed by atoms with Crippen molar-refractivity contribution in [2.75, 3.05) is 26.7 Å². The van der Waals surface area contributed by atoms with Gasteiger partial charge in [0.25, 0.3) is 0 Å². The Morgan fingerprint density at radius 2 is 1.28 bits per heavy atom. The van der Waals surface area contributed by atoms with Crippen molar-refractivity contribution in [3.05, 3.63) is 30.1 Å². The molecule has 3 aliphatic rings. The van der Waals surface area contributed by atoms with Gasteiger partial charge >= 0.3 is 36.4 Å². The van der Waals surface area contributed by atoms with Gasteiger partial charge in [-0.2, -0.15) is 39.5 Å². The molecule has 0 spiro atoms. The highest BCUT2D eigenvalue weighted by Crippen LogP contribution is 2.38. The molecule has 0 aromatic carbocycles. The first-order valence-electron chi connectivity index (χ1n) is 12.5. The molecule has 0 bridgehead atoms. The summed E-state index contributed by atoms with van der Waals surface area (Å²) in [6.07, 6.45) is -5.56. The van der Waals surface area contributed by atoms with E-state index in [4.69, 9.17) is 34.4 Å². The van der Waals surface area contributed by atoms with E-state index in [0.717, 1.165) is 12.6 Å². The fraction of sp³-hybridized carbons (Fsp3) is 0.667. The van der Waals surface area contributed by atoms with E-state index in [-0.39, 0.29) is 0 Å². The van der Waals surface area contributed by atoms with Gasteiger partial charge in [0.15, 0.2) is 0 Å². The number of aromatic nitrogens is 1. The normalized spacial score (nSPS) is 22.7. The van der Waals surface area contributed by atoms with Crippen molar-refractivity contribution in [3.63, 3.8) is 0 Å². The summed E-state index contributed by atoms with van der Waals surface area (Å²) in [5, 5.41) is 21.4. The summed E-state index contributed by atoms with van der Waals surface area (Å²) in [5.74, 6) is -7.59. The van der Waals surface area contributed by atoms with Crippen molar-refractivity contribution in [1.29, 1.82) is 0 Å². The fourth-order valence-corrected chi connectivity index (χ4v) is 4.61. The molecule has 0 radical (unpaired) electrons. The predicted octanol–water partition coefficient (Wildman–Crippen LogP) is 4.06. The van der Waals surface area contributed by atoms with Crippen molar-refractivity contribution >= 4 is 17.9 Å². The number of aliphatic carboxylic acids is 3. The molecule has 1 saturated carbocycles. The van der Waals surface area contributed by atoms with Gasteiger partial charge in [-0.1, -0.05) is 6.42 Å². The maximum absolute atomic E-state index is 10.6. The van der Waals surface area contributed by atoms with Gasteiger partial charge in [-0.05, 0) is 37.0 Å². The highest BCUT2D eigenvalue weighted by molar-refractivity contribution is 5.73. The van der Waals surface area contributed by atoms with Crippen molar-refractivity contribution < 1.29 is 74.0 Å². The summed E-state index contributed by atoms with van der Waals surface area (Å²) in [6, 6.07) is 5.83. The zero-order chi connectivity index (χ0) is 33.2. The van der Waals surface area contributed by atoms with Crippen molar-refractivity contribution in [1.82, 2.24) is 14.8 Å². The molecule has 1 aliphatic carbocycles. The minimum atomic E-state index is -5.08. The second-order valence-electron chi connectivity index (χ2n) is 9.57. The number of halogens is 9. The number of hydrogen-bond donors (Lipinski definition) is 3. The molecule has 1 aromatic rings. The Balaban J connectivity index is 0.000000363. The summed E-state index contributed by atoms with van der Waals surface area (Å²) in [4.78, 5) is 36.2. The van der Waals surface area contributed by atoms with Crippen LogP contribution in [0.2, 0.25) is 0 Å². The summed E-state index contributed by atoms with van der Waals surface area (Å²) in [6.45, 7) is 4.65. The quantitative estimate of drug-likeness (QED) is 0.412. The van der Waals surface area contributed by atoms with Crippen molar-refractivity contribution in [3.8, 4) is 0 Å². The molecule has 19 heteroatoms. The van der Waals surface area contributed by atoms with Crippen LogP contribution in [0.4, 0.5) is 39.5 Å². The van der Waals surface area contributed by atoms with Gasteiger partial charge in [-0.25, -0.2) is 14.4 Å². The average Bonchev–Trinajstić information content (AvgIpc) is 3.27. The van der Waals surface area contributed by atoms with E-state index >= 15 is 0 Å². The predicted molar refractivity (Wildman–Crippen MR) is 128 cm³/mol. The number of carboxylic acids is 3. The number of fused-ring (bicyclic) bond motifs is 1. The third kappa shape index (κ3) is 12.9. The van der Waals surface area contributed by atoms with E-state index in [9.17, 15) is 39.5 Å². The number of nitrogens with zero attached hydrogens (tertiary/aromatic N) is 3. The van der Waals surface area contributed by atoms with Gasteiger partial charge in [0.2, 0.25) is 0 Å². The molecule has 246 valence electrons. The molecule has 43 heavy (non-hydrogen) atoms. The number of carboxylic acid groups (broad SMARTS) is 3.